The summed E-state index contributed by atoms with van der Waals surface area (Å²) in [5.74, 6) is 1.58. The summed E-state index contributed by atoms with van der Waals surface area (Å²) in [4.78, 5) is 5.02. The SMILES string of the molecule is CC(C)C1CN(C(C)C)c2c(cccc2N2CCNCC2)O1. The molecule has 2 aliphatic heterocycles. The minimum atomic E-state index is 0.271. The van der Waals surface area contributed by atoms with Crippen LogP contribution in [0.4, 0.5) is 11.4 Å². The molecule has 4 heteroatoms. The van der Waals surface area contributed by atoms with Crippen LogP contribution in [0, 0.1) is 5.92 Å². The molecule has 122 valence electrons. The van der Waals surface area contributed by atoms with Gasteiger partial charge in [-0.3, -0.25) is 0 Å². The Bertz CT molecular complexity index is 509. The van der Waals surface area contributed by atoms with Crippen molar-refractivity contribution in [2.75, 3.05) is 42.5 Å². The van der Waals surface area contributed by atoms with Crippen molar-refractivity contribution in [1.29, 1.82) is 0 Å². The zero-order valence-electron chi connectivity index (χ0n) is 14.3. The molecule has 1 saturated heterocycles. The first-order chi connectivity index (χ1) is 10.6. The highest BCUT2D eigenvalue weighted by Gasteiger charge is 2.32. The Morgan fingerprint density at radius 1 is 1.14 bits per heavy atom. The molecule has 0 saturated carbocycles. The molecular weight excluding hydrogens is 274 g/mol. The van der Waals surface area contributed by atoms with Gasteiger partial charge in [-0.25, -0.2) is 0 Å². The average Bonchev–Trinajstić information content (AvgIpc) is 2.53. The Morgan fingerprint density at radius 2 is 1.86 bits per heavy atom. The Kier molecular flexibility index (Phi) is 4.48. The molecule has 1 aromatic carbocycles. The van der Waals surface area contributed by atoms with Crippen LogP contribution in [0.1, 0.15) is 27.7 Å². The van der Waals surface area contributed by atoms with Crippen molar-refractivity contribution in [1.82, 2.24) is 5.32 Å². The lowest BCUT2D eigenvalue weighted by molar-refractivity contribution is 0.143. The second-order valence-electron chi connectivity index (χ2n) is 7.01. The third-order valence-corrected chi connectivity index (χ3v) is 4.74. The summed E-state index contributed by atoms with van der Waals surface area (Å²) in [5.41, 5.74) is 2.62. The van der Waals surface area contributed by atoms with Crippen LogP contribution >= 0.6 is 0 Å². The van der Waals surface area contributed by atoms with Gasteiger partial charge >= 0.3 is 0 Å². The molecule has 1 fully saturated rings. The molecule has 22 heavy (non-hydrogen) atoms. The first kappa shape index (κ1) is 15.5. The number of hydrogen-bond donors (Lipinski definition) is 1. The van der Waals surface area contributed by atoms with Crippen LogP contribution in [0.15, 0.2) is 18.2 Å². The van der Waals surface area contributed by atoms with Gasteiger partial charge in [0.15, 0.2) is 0 Å². The summed E-state index contributed by atoms with van der Waals surface area (Å²) in [6.45, 7) is 14.3. The largest absolute Gasteiger partial charge is 0.486 e. The van der Waals surface area contributed by atoms with Crippen molar-refractivity contribution in [2.24, 2.45) is 5.92 Å². The molecule has 0 spiro atoms. The fourth-order valence-electron chi connectivity index (χ4n) is 3.36. The van der Waals surface area contributed by atoms with E-state index in [0.29, 0.717) is 12.0 Å². The van der Waals surface area contributed by atoms with Crippen LogP contribution in [0.2, 0.25) is 0 Å². The third kappa shape index (κ3) is 2.89. The van der Waals surface area contributed by atoms with Gasteiger partial charge in [0.1, 0.15) is 17.5 Å². The quantitative estimate of drug-likeness (QED) is 0.929. The second-order valence-corrected chi connectivity index (χ2v) is 7.01. The molecule has 0 amide bonds. The number of anilines is 2. The van der Waals surface area contributed by atoms with Crippen molar-refractivity contribution in [3.05, 3.63) is 18.2 Å². The van der Waals surface area contributed by atoms with Crippen LogP contribution in [0.3, 0.4) is 0 Å². The van der Waals surface area contributed by atoms with Crippen LogP contribution < -0.4 is 19.9 Å². The minimum Gasteiger partial charge on any atom is -0.486 e. The fourth-order valence-corrected chi connectivity index (χ4v) is 3.36. The van der Waals surface area contributed by atoms with Crippen LogP contribution in [0.5, 0.6) is 5.75 Å². The lowest BCUT2D eigenvalue weighted by Gasteiger charge is -2.43. The number of hydrogen-bond acceptors (Lipinski definition) is 4. The van der Waals surface area contributed by atoms with Gasteiger partial charge in [-0.15, -0.1) is 0 Å². The predicted octanol–water partition coefficient (Wildman–Crippen LogP) is 2.73. The molecule has 3 rings (SSSR count). The predicted molar refractivity (Wildman–Crippen MR) is 93.3 cm³/mol. The zero-order valence-corrected chi connectivity index (χ0v) is 14.3. The van der Waals surface area contributed by atoms with Gasteiger partial charge in [0.2, 0.25) is 0 Å². The van der Waals surface area contributed by atoms with E-state index in [1.807, 2.05) is 0 Å². The molecule has 1 aromatic rings. The molecule has 1 N–H and O–H groups in total. The third-order valence-electron chi connectivity index (χ3n) is 4.74. The summed E-state index contributed by atoms with van der Waals surface area (Å²) in [6, 6.07) is 6.99. The van der Waals surface area contributed by atoms with Crippen LogP contribution in [-0.2, 0) is 0 Å². The van der Waals surface area contributed by atoms with E-state index < -0.39 is 0 Å². The van der Waals surface area contributed by atoms with Crippen molar-refractivity contribution >= 4 is 11.4 Å². The van der Waals surface area contributed by atoms with Crippen molar-refractivity contribution in [3.63, 3.8) is 0 Å². The summed E-state index contributed by atoms with van der Waals surface area (Å²) >= 11 is 0. The molecule has 2 aliphatic rings. The summed E-state index contributed by atoms with van der Waals surface area (Å²) in [5, 5.41) is 3.43. The number of ether oxygens (including phenoxy) is 1. The number of piperazine rings is 1. The Morgan fingerprint density at radius 3 is 2.50 bits per heavy atom. The van der Waals surface area contributed by atoms with Crippen molar-refractivity contribution in [2.45, 2.75) is 39.8 Å². The van der Waals surface area contributed by atoms with E-state index in [1.54, 1.807) is 0 Å². The molecule has 4 nitrogen and oxygen atoms in total. The van der Waals surface area contributed by atoms with Crippen molar-refractivity contribution < 1.29 is 4.74 Å². The highest BCUT2D eigenvalue weighted by molar-refractivity contribution is 5.79. The molecule has 0 aliphatic carbocycles. The molecule has 0 aromatic heterocycles. The number of para-hydroxylation sites is 1. The molecule has 0 radical (unpaired) electrons. The van der Waals surface area contributed by atoms with Gasteiger partial charge in [-0.1, -0.05) is 19.9 Å². The van der Waals surface area contributed by atoms with Gasteiger partial charge < -0.3 is 19.9 Å². The van der Waals surface area contributed by atoms with Gasteiger partial charge in [0.05, 0.1) is 12.2 Å². The van der Waals surface area contributed by atoms with E-state index in [9.17, 15) is 0 Å². The standard InChI is InChI=1S/C18H29N3O/c1-13(2)17-12-21(14(3)4)18-15(6-5-7-16(18)22-17)20-10-8-19-9-11-20/h5-7,13-14,17,19H,8-12H2,1-4H3. The normalized spacial score (nSPS) is 22.0. The van der Waals surface area contributed by atoms with E-state index in [1.165, 1.54) is 11.4 Å². The van der Waals surface area contributed by atoms with Gasteiger partial charge in [-0.2, -0.15) is 0 Å². The van der Waals surface area contributed by atoms with E-state index in [4.69, 9.17) is 4.74 Å². The molecule has 1 atom stereocenters. The fraction of sp³-hybridized carbons (Fsp3) is 0.667. The van der Waals surface area contributed by atoms with Crippen LogP contribution in [0.25, 0.3) is 0 Å². The Balaban J connectivity index is 1.99. The zero-order chi connectivity index (χ0) is 15.7. The summed E-state index contributed by atoms with van der Waals surface area (Å²) in [6.07, 6.45) is 0.271. The Labute approximate surface area is 134 Å². The van der Waals surface area contributed by atoms with E-state index in [-0.39, 0.29) is 6.10 Å². The molecule has 0 bridgehead atoms. The average molecular weight is 303 g/mol. The topological polar surface area (TPSA) is 27.7 Å². The maximum Gasteiger partial charge on any atom is 0.145 e. The highest BCUT2D eigenvalue weighted by atomic mass is 16.5. The maximum absolute atomic E-state index is 6.32. The summed E-state index contributed by atoms with van der Waals surface area (Å²) in [7, 11) is 0. The smallest absolute Gasteiger partial charge is 0.145 e. The second kappa shape index (κ2) is 6.37. The van der Waals surface area contributed by atoms with E-state index in [2.05, 4.69) is 61.0 Å². The van der Waals surface area contributed by atoms with Gasteiger partial charge in [0.25, 0.3) is 0 Å². The van der Waals surface area contributed by atoms with E-state index in [0.717, 1.165) is 38.5 Å². The first-order valence-electron chi connectivity index (χ1n) is 8.60. The number of nitrogens with zero attached hydrogens (tertiary/aromatic N) is 2. The van der Waals surface area contributed by atoms with E-state index >= 15 is 0 Å². The number of benzene rings is 1. The van der Waals surface area contributed by atoms with Crippen LogP contribution in [-0.4, -0.2) is 44.9 Å². The monoisotopic (exact) mass is 303 g/mol. The maximum atomic E-state index is 6.32. The Hall–Kier alpha value is -1.42. The number of rotatable bonds is 3. The summed E-state index contributed by atoms with van der Waals surface area (Å²) < 4.78 is 6.32. The number of nitrogens with one attached hydrogen (secondary N) is 1. The molecule has 1 unspecified atom stereocenters. The molecular formula is C18H29N3O. The lowest BCUT2D eigenvalue weighted by atomic mass is 10.0. The lowest BCUT2D eigenvalue weighted by Crippen LogP contribution is -2.48. The highest BCUT2D eigenvalue weighted by Crippen LogP contribution is 2.43. The number of fused-ring (bicyclic) bond motifs is 1. The van der Waals surface area contributed by atoms with Crippen molar-refractivity contribution in [3.8, 4) is 5.75 Å². The van der Waals surface area contributed by atoms with Gasteiger partial charge in [-0.05, 0) is 31.9 Å². The molecule has 2 heterocycles. The minimum absolute atomic E-state index is 0.271. The van der Waals surface area contributed by atoms with Gasteiger partial charge in [0, 0.05) is 32.2 Å². The first-order valence-corrected chi connectivity index (χ1v) is 8.60.